The molecule has 24 heavy (non-hydrogen) atoms. The van der Waals surface area contributed by atoms with Gasteiger partial charge in [-0.2, -0.15) is 11.3 Å². The van der Waals surface area contributed by atoms with Gasteiger partial charge in [0.05, 0.1) is 0 Å². The quantitative estimate of drug-likeness (QED) is 0.926. The molecule has 1 saturated heterocycles. The highest BCUT2D eigenvalue weighted by atomic mass is 32.1. The zero-order chi connectivity index (χ0) is 16.4. The van der Waals surface area contributed by atoms with Crippen LogP contribution in [0.4, 0.5) is 0 Å². The van der Waals surface area contributed by atoms with E-state index in [0.29, 0.717) is 6.04 Å². The highest BCUT2D eigenvalue weighted by Gasteiger charge is 2.26. The van der Waals surface area contributed by atoms with Crippen LogP contribution in [0.5, 0.6) is 0 Å². The largest absolute Gasteiger partial charge is 0.349 e. The third kappa shape index (κ3) is 3.55. The van der Waals surface area contributed by atoms with Crippen molar-refractivity contribution in [1.29, 1.82) is 0 Å². The van der Waals surface area contributed by atoms with Crippen molar-refractivity contribution in [2.75, 3.05) is 19.6 Å². The fourth-order valence-electron chi connectivity index (χ4n) is 4.07. The maximum atomic E-state index is 12.1. The molecule has 1 aliphatic heterocycles. The van der Waals surface area contributed by atoms with E-state index in [4.69, 9.17) is 0 Å². The van der Waals surface area contributed by atoms with E-state index in [9.17, 15) is 4.79 Å². The van der Waals surface area contributed by atoms with E-state index >= 15 is 0 Å². The molecule has 0 radical (unpaired) electrons. The Bertz CT molecular complexity index is 664. The van der Waals surface area contributed by atoms with Gasteiger partial charge in [0.2, 0.25) is 0 Å². The van der Waals surface area contributed by atoms with Crippen molar-refractivity contribution in [1.82, 2.24) is 10.2 Å². The van der Waals surface area contributed by atoms with Crippen molar-refractivity contribution in [3.63, 3.8) is 0 Å². The number of carbonyl (C=O) groups excluding carboxylic acids is 1. The Morgan fingerprint density at radius 1 is 1.12 bits per heavy atom. The standard InChI is InChI=1S/C20H24N2OS/c23-20(18-7-10-24-14-18)21-19-5-8-22(9-6-19)13-15-11-16-3-1-2-4-17(16)12-15/h1-4,7,10,14-15,19H,5-6,8-9,11-13H2,(H,21,23). The normalized spacial score (nSPS) is 19.3. The number of amides is 1. The molecule has 2 aromatic rings. The van der Waals surface area contributed by atoms with Crippen LogP contribution in [0.3, 0.4) is 0 Å². The summed E-state index contributed by atoms with van der Waals surface area (Å²) in [5.74, 6) is 0.847. The lowest BCUT2D eigenvalue weighted by molar-refractivity contribution is 0.0906. The number of piperidine rings is 1. The first-order chi connectivity index (χ1) is 11.8. The Balaban J connectivity index is 1.23. The zero-order valence-electron chi connectivity index (χ0n) is 13.9. The second kappa shape index (κ2) is 7.08. The number of likely N-dealkylation sites (tertiary alicyclic amines) is 1. The first-order valence-electron chi connectivity index (χ1n) is 8.90. The van der Waals surface area contributed by atoms with Crippen molar-refractivity contribution in [2.24, 2.45) is 5.92 Å². The summed E-state index contributed by atoms with van der Waals surface area (Å²) >= 11 is 1.57. The molecule has 2 heterocycles. The van der Waals surface area contributed by atoms with Crippen molar-refractivity contribution in [2.45, 2.75) is 31.7 Å². The lowest BCUT2D eigenvalue weighted by Crippen LogP contribution is -2.45. The first kappa shape index (κ1) is 15.9. The molecule has 0 atom stereocenters. The predicted octanol–water partition coefficient (Wildman–Crippen LogP) is 3.36. The van der Waals surface area contributed by atoms with Crippen LogP contribution in [0.2, 0.25) is 0 Å². The summed E-state index contributed by atoms with van der Waals surface area (Å²) in [6, 6.07) is 11.1. The molecule has 4 rings (SSSR count). The van der Waals surface area contributed by atoms with Crippen LogP contribution in [0.25, 0.3) is 0 Å². The second-order valence-electron chi connectivity index (χ2n) is 7.10. The van der Waals surface area contributed by atoms with Gasteiger partial charge in [0.25, 0.3) is 5.91 Å². The number of carbonyl (C=O) groups is 1. The fourth-order valence-corrected chi connectivity index (χ4v) is 4.70. The molecule has 0 saturated carbocycles. The van der Waals surface area contributed by atoms with Crippen LogP contribution in [0.1, 0.15) is 34.3 Å². The summed E-state index contributed by atoms with van der Waals surface area (Å²) < 4.78 is 0. The van der Waals surface area contributed by atoms with E-state index in [1.54, 1.807) is 22.5 Å². The molecular weight excluding hydrogens is 316 g/mol. The van der Waals surface area contributed by atoms with E-state index in [-0.39, 0.29) is 5.91 Å². The number of nitrogens with one attached hydrogen (secondary N) is 1. The molecule has 2 aliphatic rings. The van der Waals surface area contributed by atoms with Gasteiger partial charge in [0.1, 0.15) is 0 Å². The summed E-state index contributed by atoms with van der Waals surface area (Å²) in [7, 11) is 0. The molecule has 4 heteroatoms. The third-order valence-corrected chi connectivity index (χ3v) is 6.04. The molecule has 1 N–H and O–H groups in total. The molecule has 0 unspecified atom stereocenters. The van der Waals surface area contributed by atoms with Crippen molar-refractivity contribution in [3.05, 3.63) is 57.8 Å². The van der Waals surface area contributed by atoms with E-state index in [1.165, 1.54) is 19.4 Å². The van der Waals surface area contributed by atoms with Gasteiger partial charge < -0.3 is 10.2 Å². The van der Waals surface area contributed by atoms with Gasteiger partial charge in [-0.15, -0.1) is 0 Å². The maximum Gasteiger partial charge on any atom is 0.252 e. The van der Waals surface area contributed by atoms with E-state index in [0.717, 1.165) is 37.4 Å². The maximum absolute atomic E-state index is 12.1. The van der Waals surface area contributed by atoms with Gasteiger partial charge in [0, 0.05) is 36.6 Å². The minimum atomic E-state index is 0.0842. The molecule has 1 aromatic heterocycles. The van der Waals surface area contributed by atoms with Crippen LogP contribution in [-0.2, 0) is 12.8 Å². The van der Waals surface area contributed by atoms with Gasteiger partial charge in [-0.25, -0.2) is 0 Å². The van der Waals surface area contributed by atoms with Crippen LogP contribution in [-0.4, -0.2) is 36.5 Å². The molecule has 0 spiro atoms. The van der Waals surface area contributed by atoms with E-state index in [2.05, 4.69) is 34.5 Å². The SMILES string of the molecule is O=C(NC1CCN(CC2Cc3ccccc3C2)CC1)c1ccsc1. The number of rotatable bonds is 4. The summed E-state index contributed by atoms with van der Waals surface area (Å²) in [6.07, 6.45) is 4.58. The summed E-state index contributed by atoms with van der Waals surface area (Å²) in [4.78, 5) is 14.7. The Labute approximate surface area is 147 Å². The molecule has 1 fully saturated rings. The average Bonchev–Trinajstić information content (AvgIpc) is 3.25. The van der Waals surface area contributed by atoms with Crippen molar-refractivity contribution in [3.8, 4) is 0 Å². The fraction of sp³-hybridized carbons (Fsp3) is 0.450. The number of benzene rings is 1. The van der Waals surface area contributed by atoms with Crippen LogP contribution < -0.4 is 5.32 Å². The minimum absolute atomic E-state index is 0.0842. The monoisotopic (exact) mass is 340 g/mol. The number of hydrogen-bond acceptors (Lipinski definition) is 3. The Hall–Kier alpha value is -1.65. The minimum Gasteiger partial charge on any atom is -0.349 e. The van der Waals surface area contributed by atoms with Crippen LogP contribution in [0, 0.1) is 5.92 Å². The summed E-state index contributed by atoms with van der Waals surface area (Å²) in [6.45, 7) is 3.39. The van der Waals surface area contributed by atoms with Gasteiger partial charge in [-0.1, -0.05) is 24.3 Å². The Kier molecular flexibility index (Phi) is 4.67. The summed E-state index contributed by atoms with van der Waals surface area (Å²) in [5, 5.41) is 7.07. The van der Waals surface area contributed by atoms with Gasteiger partial charge in [0.15, 0.2) is 0 Å². The lowest BCUT2D eigenvalue weighted by atomic mass is 10.0. The molecular formula is C20H24N2OS. The first-order valence-corrected chi connectivity index (χ1v) is 9.84. The Morgan fingerprint density at radius 2 is 1.83 bits per heavy atom. The predicted molar refractivity (Wildman–Crippen MR) is 98.6 cm³/mol. The molecule has 1 amide bonds. The Morgan fingerprint density at radius 3 is 2.46 bits per heavy atom. The van der Waals surface area contributed by atoms with Gasteiger partial charge in [-0.3, -0.25) is 4.79 Å². The number of thiophene rings is 1. The molecule has 126 valence electrons. The van der Waals surface area contributed by atoms with E-state index in [1.807, 2.05) is 16.8 Å². The third-order valence-electron chi connectivity index (χ3n) is 5.36. The van der Waals surface area contributed by atoms with E-state index < -0.39 is 0 Å². The molecule has 3 nitrogen and oxygen atoms in total. The molecule has 1 aliphatic carbocycles. The lowest BCUT2D eigenvalue weighted by Gasteiger charge is -2.33. The summed E-state index contributed by atoms with van der Waals surface area (Å²) in [5.41, 5.74) is 3.88. The van der Waals surface area contributed by atoms with Crippen molar-refractivity contribution >= 4 is 17.2 Å². The number of hydrogen-bond donors (Lipinski definition) is 1. The highest BCUT2D eigenvalue weighted by Crippen LogP contribution is 2.27. The molecule has 1 aromatic carbocycles. The van der Waals surface area contributed by atoms with Gasteiger partial charge >= 0.3 is 0 Å². The second-order valence-corrected chi connectivity index (χ2v) is 7.88. The zero-order valence-corrected chi connectivity index (χ0v) is 14.7. The number of fused-ring (bicyclic) bond motifs is 1. The smallest absolute Gasteiger partial charge is 0.252 e. The topological polar surface area (TPSA) is 32.3 Å². The van der Waals surface area contributed by atoms with Crippen LogP contribution in [0.15, 0.2) is 41.1 Å². The average molecular weight is 340 g/mol. The molecule has 0 bridgehead atoms. The van der Waals surface area contributed by atoms with Gasteiger partial charge in [-0.05, 0) is 54.2 Å². The number of nitrogens with zero attached hydrogens (tertiary/aromatic N) is 1. The van der Waals surface area contributed by atoms with Crippen LogP contribution >= 0.6 is 11.3 Å². The highest BCUT2D eigenvalue weighted by molar-refractivity contribution is 7.08. The van der Waals surface area contributed by atoms with Crippen molar-refractivity contribution < 1.29 is 4.79 Å².